The van der Waals surface area contributed by atoms with Crippen molar-refractivity contribution in [1.82, 2.24) is 9.62 Å². The quantitative estimate of drug-likeness (QED) is 0.832. The first kappa shape index (κ1) is 15.5. The molecular weight excluding hydrogens is 272 g/mol. The highest BCUT2D eigenvalue weighted by Gasteiger charge is 2.34. The van der Waals surface area contributed by atoms with Crippen LogP contribution in [-0.4, -0.2) is 44.7 Å². The molecule has 1 aromatic rings. The Morgan fingerprint density at radius 1 is 1.30 bits per heavy atom. The molecule has 112 valence electrons. The molecule has 1 aromatic carbocycles. The topological polar surface area (TPSA) is 49.4 Å². The van der Waals surface area contributed by atoms with Crippen molar-refractivity contribution >= 4 is 10.0 Å². The highest BCUT2D eigenvalue weighted by Crippen LogP contribution is 2.19. The Hall–Kier alpha value is -0.910. The van der Waals surface area contributed by atoms with E-state index in [-0.39, 0.29) is 5.75 Å². The first-order valence-corrected chi connectivity index (χ1v) is 8.87. The SMILES string of the molecule is CCS(=O)(=O)N1CC(CNC[C@@H](C)c2ccccc2)C1. The van der Waals surface area contributed by atoms with Crippen molar-refractivity contribution in [3.05, 3.63) is 35.9 Å². The van der Waals surface area contributed by atoms with Crippen LogP contribution in [0.25, 0.3) is 0 Å². The third-order valence-electron chi connectivity index (χ3n) is 3.93. The summed E-state index contributed by atoms with van der Waals surface area (Å²) in [5, 5.41) is 3.45. The standard InChI is InChI=1S/C15H24N2O2S/c1-3-20(18,19)17-11-14(12-17)10-16-9-13(2)15-7-5-4-6-8-15/h4-8,13-14,16H,3,9-12H2,1-2H3/t13-/m1/s1. The summed E-state index contributed by atoms with van der Waals surface area (Å²) in [7, 11) is -2.97. The molecule has 20 heavy (non-hydrogen) atoms. The molecule has 0 saturated carbocycles. The van der Waals surface area contributed by atoms with Crippen LogP contribution in [0.5, 0.6) is 0 Å². The Morgan fingerprint density at radius 2 is 1.95 bits per heavy atom. The van der Waals surface area contributed by atoms with Gasteiger partial charge in [0.15, 0.2) is 0 Å². The van der Waals surface area contributed by atoms with Crippen molar-refractivity contribution in [3.63, 3.8) is 0 Å². The van der Waals surface area contributed by atoms with E-state index in [1.807, 2.05) is 6.07 Å². The van der Waals surface area contributed by atoms with Gasteiger partial charge in [-0.05, 0) is 24.3 Å². The zero-order valence-electron chi connectivity index (χ0n) is 12.2. The summed E-state index contributed by atoms with van der Waals surface area (Å²) in [6.45, 7) is 7.07. The van der Waals surface area contributed by atoms with Gasteiger partial charge in [-0.1, -0.05) is 37.3 Å². The molecule has 0 unspecified atom stereocenters. The highest BCUT2D eigenvalue weighted by atomic mass is 32.2. The van der Waals surface area contributed by atoms with Crippen LogP contribution in [0.3, 0.4) is 0 Å². The molecule has 0 radical (unpaired) electrons. The summed E-state index contributed by atoms with van der Waals surface area (Å²) in [6.07, 6.45) is 0. The maximum absolute atomic E-state index is 11.6. The second-order valence-electron chi connectivity index (χ2n) is 5.55. The van der Waals surface area contributed by atoms with Gasteiger partial charge in [0.2, 0.25) is 10.0 Å². The second-order valence-corrected chi connectivity index (χ2v) is 7.81. The third-order valence-corrected chi connectivity index (χ3v) is 5.75. The van der Waals surface area contributed by atoms with Crippen LogP contribution in [0.4, 0.5) is 0 Å². The van der Waals surface area contributed by atoms with E-state index in [0.717, 1.165) is 13.1 Å². The van der Waals surface area contributed by atoms with Gasteiger partial charge in [-0.15, -0.1) is 0 Å². The smallest absolute Gasteiger partial charge is 0.213 e. The minimum absolute atomic E-state index is 0.207. The van der Waals surface area contributed by atoms with Gasteiger partial charge < -0.3 is 5.32 Å². The molecule has 1 N–H and O–H groups in total. The third kappa shape index (κ3) is 3.81. The summed E-state index contributed by atoms with van der Waals surface area (Å²) >= 11 is 0. The summed E-state index contributed by atoms with van der Waals surface area (Å²) in [4.78, 5) is 0. The van der Waals surface area contributed by atoms with Crippen LogP contribution in [0.2, 0.25) is 0 Å². The van der Waals surface area contributed by atoms with Crippen molar-refractivity contribution in [2.75, 3.05) is 31.9 Å². The lowest BCUT2D eigenvalue weighted by molar-refractivity contribution is 0.196. The lowest BCUT2D eigenvalue weighted by atomic mass is 10.00. The van der Waals surface area contributed by atoms with E-state index < -0.39 is 10.0 Å². The van der Waals surface area contributed by atoms with Gasteiger partial charge in [0, 0.05) is 26.2 Å². The number of rotatable bonds is 7. The average molecular weight is 296 g/mol. The Morgan fingerprint density at radius 3 is 2.55 bits per heavy atom. The van der Waals surface area contributed by atoms with Gasteiger partial charge in [-0.3, -0.25) is 0 Å². The lowest BCUT2D eigenvalue weighted by Crippen LogP contribution is -2.53. The summed E-state index contributed by atoms with van der Waals surface area (Å²) in [5.74, 6) is 1.14. The molecule has 1 fully saturated rings. The fourth-order valence-electron chi connectivity index (χ4n) is 2.46. The monoisotopic (exact) mass is 296 g/mol. The van der Waals surface area contributed by atoms with Crippen molar-refractivity contribution in [2.24, 2.45) is 5.92 Å². The average Bonchev–Trinajstić information content (AvgIpc) is 2.41. The van der Waals surface area contributed by atoms with Gasteiger partial charge in [0.1, 0.15) is 0 Å². The van der Waals surface area contributed by atoms with Crippen LogP contribution in [0, 0.1) is 5.92 Å². The van der Waals surface area contributed by atoms with Crippen LogP contribution in [-0.2, 0) is 10.0 Å². The molecular formula is C15H24N2O2S. The Kier molecular flexibility index (Phi) is 5.18. The predicted molar refractivity (Wildman–Crippen MR) is 82.3 cm³/mol. The molecule has 1 atom stereocenters. The Balaban J connectivity index is 1.66. The van der Waals surface area contributed by atoms with E-state index in [9.17, 15) is 8.42 Å². The zero-order chi connectivity index (χ0) is 14.6. The van der Waals surface area contributed by atoms with Gasteiger partial charge >= 0.3 is 0 Å². The number of hydrogen-bond acceptors (Lipinski definition) is 3. The normalized spacial score (nSPS) is 18.7. The van der Waals surface area contributed by atoms with Gasteiger partial charge in [0.25, 0.3) is 0 Å². The van der Waals surface area contributed by atoms with Crippen LogP contribution >= 0.6 is 0 Å². The van der Waals surface area contributed by atoms with Gasteiger partial charge in [0.05, 0.1) is 5.75 Å². The van der Waals surface area contributed by atoms with E-state index in [4.69, 9.17) is 0 Å². The number of hydrogen-bond donors (Lipinski definition) is 1. The molecule has 1 aliphatic rings. The summed E-state index contributed by atoms with van der Waals surface area (Å²) < 4.78 is 24.8. The highest BCUT2D eigenvalue weighted by molar-refractivity contribution is 7.89. The number of nitrogens with zero attached hydrogens (tertiary/aromatic N) is 1. The van der Waals surface area contributed by atoms with E-state index in [0.29, 0.717) is 24.9 Å². The molecule has 1 saturated heterocycles. The van der Waals surface area contributed by atoms with Crippen LogP contribution in [0.1, 0.15) is 25.3 Å². The maximum Gasteiger partial charge on any atom is 0.213 e. The molecule has 2 rings (SSSR count). The van der Waals surface area contributed by atoms with E-state index in [1.54, 1.807) is 11.2 Å². The minimum atomic E-state index is -2.97. The van der Waals surface area contributed by atoms with E-state index >= 15 is 0 Å². The number of sulfonamides is 1. The predicted octanol–water partition coefficient (Wildman–Crippen LogP) is 1.66. The molecule has 1 heterocycles. The van der Waals surface area contributed by atoms with Gasteiger partial charge in [-0.2, -0.15) is 0 Å². The summed E-state index contributed by atoms with van der Waals surface area (Å²) in [5.41, 5.74) is 1.34. The van der Waals surface area contributed by atoms with Crippen molar-refractivity contribution in [2.45, 2.75) is 19.8 Å². The molecule has 0 aliphatic carbocycles. The molecule has 0 amide bonds. The lowest BCUT2D eigenvalue weighted by Gasteiger charge is -2.38. The summed E-state index contributed by atoms with van der Waals surface area (Å²) in [6, 6.07) is 10.4. The first-order valence-electron chi connectivity index (χ1n) is 7.26. The Bertz CT molecular complexity index is 510. The zero-order valence-corrected chi connectivity index (χ0v) is 13.1. The first-order chi connectivity index (χ1) is 9.53. The molecule has 1 aliphatic heterocycles. The van der Waals surface area contributed by atoms with Crippen LogP contribution < -0.4 is 5.32 Å². The Labute approximate surface area is 122 Å². The molecule has 0 spiro atoms. The molecule has 0 aromatic heterocycles. The molecule has 4 nitrogen and oxygen atoms in total. The second kappa shape index (κ2) is 6.70. The largest absolute Gasteiger partial charge is 0.316 e. The molecule has 0 bridgehead atoms. The number of nitrogens with one attached hydrogen (secondary N) is 1. The fourth-order valence-corrected chi connectivity index (χ4v) is 3.71. The molecule has 5 heteroatoms. The van der Waals surface area contributed by atoms with E-state index in [1.165, 1.54) is 5.56 Å². The van der Waals surface area contributed by atoms with Crippen LogP contribution in [0.15, 0.2) is 30.3 Å². The number of benzene rings is 1. The van der Waals surface area contributed by atoms with Crippen molar-refractivity contribution in [1.29, 1.82) is 0 Å². The minimum Gasteiger partial charge on any atom is -0.316 e. The fraction of sp³-hybridized carbons (Fsp3) is 0.600. The van der Waals surface area contributed by atoms with Gasteiger partial charge in [-0.25, -0.2) is 12.7 Å². The maximum atomic E-state index is 11.6. The van der Waals surface area contributed by atoms with E-state index in [2.05, 4.69) is 36.5 Å². The van der Waals surface area contributed by atoms with Crippen molar-refractivity contribution < 1.29 is 8.42 Å². The van der Waals surface area contributed by atoms with Crippen molar-refractivity contribution in [3.8, 4) is 0 Å².